The van der Waals surface area contributed by atoms with Gasteiger partial charge < -0.3 is 14.6 Å². The van der Waals surface area contributed by atoms with Gasteiger partial charge in [0.05, 0.1) is 13.7 Å². The molecule has 1 aromatic rings. The lowest BCUT2D eigenvalue weighted by molar-refractivity contribution is -0.136. The van der Waals surface area contributed by atoms with E-state index >= 15 is 0 Å². The molecule has 0 saturated carbocycles. The monoisotopic (exact) mass is 258 g/mol. The van der Waals surface area contributed by atoms with Crippen molar-refractivity contribution in [3.63, 3.8) is 0 Å². The molecule has 0 aromatic heterocycles. The Kier molecular flexibility index (Phi) is 5.25. The highest BCUT2D eigenvalue weighted by Crippen LogP contribution is 2.29. The lowest BCUT2D eigenvalue weighted by Gasteiger charge is -2.13. The summed E-state index contributed by atoms with van der Waals surface area (Å²) in [5.41, 5.74) is 1.69. The van der Waals surface area contributed by atoms with Crippen LogP contribution >= 0.6 is 11.6 Å². The molecule has 5 heteroatoms. The molecule has 0 amide bonds. The highest BCUT2D eigenvalue weighted by atomic mass is 35.5. The Bertz CT molecular complexity index is 404. The molecule has 0 aliphatic carbocycles. The van der Waals surface area contributed by atoms with Gasteiger partial charge in [-0.1, -0.05) is 11.6 Å². The van der Waals surface area contributed by atoms with Gasteiger partial charge in [-0.3, -0.25) is 4.79 Å². The van der Waals surface area contributed by atoms with Crippen molar-refractivity contribution in [1.29, 1.82) is 0 Å². The molecular weight excluding hydrogens is 244 g/mol. The second-order valence-corrected chi connectivity index (χ2v) is 4.01. The summed E-state index contributed by atoms with van der Waals surface area (Å²) < 4.78 is 10.3. The highest BCUT2D eigenvalue weighted by Gasteiger charge is 2.12. The van der Waals surface area contributed by atoms with Crippen molar-refractivity contribution in [3.8, 4) is 5.75 Å². The van der Waals surface area contributed by atoms with Gasteiger partial charge in [0.25, 0.3) is 0 Å². The molecule has 0 radical (unpaired) electrons. The Morgan fingerprint density at radius 3 is 2.65 bits per heavy atom. The second kappa shape index (κ2) is 6.47. The molecule has 0 atom stereocenters. The second-order valence-electron chi connectivity index (χ2n) is 3.57. The van der Waals surface area contributed by atoms with Crippen molar-refractivity contribution in [3.05, 3.63) is 28.3 Å². The Balaban J connectivity index is 3.07. The first-order valence-electron chi connectivity index (χ1n) is 5.14. The van der Waals surface area contributed by atoms with E-state index in [1.54, 1.807) is 19.2 Å². The van der Waals surface area contributed by atoms with E-state index in [-0.39, 0.29) is 6.42 Å². The third-order valence-corrected chi connectivity index (χ3v) is 2.59. The summed E-state index contributed by atoms with van der Waals surface area (Å²) in [6.45, 7) is 0.381. The molecule has 94 valence electrons. The molecule has 0 bridgehead atoms. The number of hydrogen-bond donors (Lipinski definition) is 1. The maximum atomic E-state index is 10.6. The predicted molar refractivity (Wildman–Crippen MR) is 64.7 cm³/mol. The number of hydrogen-bond acceptors (Lipinski definition) is 3. The number of halogens is 1. The third kappa shape index (κ3) is 3.91. The summed E-state index contributed by atoms with van der Waals surface area (Å²) in [7, 11) is 3.11. The van der Waals surface area contributed by atoms with Crippen LogP contribution in [0.2, 0.25) is 5.02 Å². The summed E-state index contributed by atoms with van der Waals surface area (Å²) in [5, 5.41) is 9.26. The summed E-state index contributed by atoms with van der Waals surface area (Å²) in [5.74, 6) is -0.240. The van der Waals surface area contributed by atoms with E-state index in [0.29, 0.717) is 23.8 Å². The van der Waals surface area contributed by atoms with Crippen LogP contribution in [0.4, 0.5) is 0 Å². The fourth-order valence-electron chi connectivity index (χ4n) is 1.65. The summed E-state index contributed by atoms with van der Waals surface area (Å²) >= 11 is 5.95. The van der Waals surface area contributed by atoms with Crippen LogP contribution in [0.15, 0.2) is 12.1 Å². The molecule has 0 unspecified atom stereocenters. The molecule has 17 heavy (non-hydrogen) atoms. The fraction of sp³-hybridized carbons (Fsp3) is 0.417. The minimum absolute atomic E-state index is 0.0503. The Hall–Kier alpha value is -1.26. The van der Waals surface area contributed by atoms with E-state index in [1.807, 2.05) is 0 Å². The number of aliphatic carboxylic acids is 1. The van der Waals surface area contributed by atoms with E-state index < -0.39 is 5.97 Å². The van der Waals surface area contributed by atoms with E-state index in [4.69, 9.17) is 26.2 Å². The Morgan fingerprint density at radius 2 is 2.12 bits per heavy atom. The van der Waals surface area contributed by atoms with Gasteiger partial charge in [-0.15, -0.1) is 0 Å². The minimum Gasteiger partial charge on any atom is -0.496 e. The number of benzene rings is 1. The topological polar surface area (TPSA) is 55.8 Å². The van der Waals surface area contributed by atoms with Crippen molar-refractivity contribution in [1.82, 2.24) is 0 Å². The maximum absolute atomic E-state index is 10.6. The van der Waals surface area contributed by atoms with Crippen LogP contribution in [-0.4, -0.2) is 25.3 Å². The van der Waals surface area contributed by atoms with Crippen LogP contribution in [0, 0.1) is 0 Å². The van der Waals surface area contributed by atoms with Crippen LogP contribution in [-0.2, 0) is 22.6 Å². The molecule has 0 fully saturated rings. The molecule has 0 saturated heterocycles. The molecule has 1 N–H and O–H groups in total. The quantitative estimate of drug-likeness (QED) is 0.852. The first kappa shape index (κ1) is 13.8. The average Bonchev–Trinajstić information content (AvgIpc) is 2.27. The lowest BCUT2D eigenvalue weighted by atomic mass is 10.0. The molecule has 0 aliphatic heterocycles. The Morgan fingerprint density at radius 1 is 1.41 bits per heavy atom. The largest absolute Gasteiger partial charge is 0.496 e. The lowest BCUT2D eigenvalue weighted by Crippen LogP contribution is -2.04. The average molecular weight is 259 g/mol. The van der Waals surface area contributed by atoms with Crippen molar-refractivity contribution in [2.45, 2.75) is 19.4 Å². The molecule has 0 aliphatic rings. The number of carboxylic acids is 1. The number of carbonyl (C=O) groups is 1. The molecular formula is C12H15ClO4. The van der Waals surface area contributed by atoms with Crippen LogP contribution in [0.3, 0.4) is 0 Å². The SMILES string of the molecule is COCc1cc(Cl)cc(OC)c1CCC(=O)O. The van der Waals surface area contributed by atoms with Gasteiger partial charge in [0, 0.05) is 24.1 Å². The van der Waals surface area contributed by atoms with Crippen LogP contribution in [0.1, 0.15) is 17.5 Å². The molecule has 0 heterocycles. The fourth-order valence-corrected chi connectivity index (χ4v) is 1.88. The zero-order valence-electron chi connectivity index (χ0n) is 9.83. The van der Waals surface area contributed by atoms with Gasteiger partial charge in [0.1, 0.15) is 5.75 Å². The standard InChI is InChI=1S/C12H15ClO4/c1-16-7-8-5-9(13)6-11(17-2)10(8)3-4-12(14)15/h5-6H,3-4,7H2,1-2H3,(H,14,15). The number of ether oxygens (including phenoxy) is 2. The van der Waals surface area contributed by atoms with Crippen molar-refractivity contribution >= 4 is 17.6 Å². The normalized spacial score (nSPS) is 10.3. The first-order valence-corrected chi connectivity index (χ1v) is 5.52. The molecule has 1 aromatic carbocycles. The zero-order valence-corrected chi connectivity index (χ0v) is 10.6. The van der Waals surface area contributed by atoms with E-state index in [0.717, 1.165) is 11.1 Å². The summed E-state index contributed by atoms with van der Waals surface area (Å²) in [6.07, 6.45) is 0.447. The van der Waals surface area contributed by atoms with E-state index in [9.17, 15) is 4.79 Å². The zero-order chi connectivity index (χ0) is 12.8. The highest BCUT2D eigenvalue weighted by molar-refractivity contribution is 6.30. The van der Waals surface area contributed by atoms with E-state index in [2.05, 4.69) is 0 Å². The van der Waals surface area contributed by atoms with Crippen molar-refractivity contribution < 1.29 is 19.4 Å². The molecule has 4 nitrogen and oxygen atoms in total. The van der Waals surface area contributed by atoms with E-state index in [1.165, 1.54) is 7.11 Å². The minimum atomic E-state index is -0.842. The number of methoxy groups -OCH3 is 2. The molecule has 1 rings (SSSR count). The van der Waals surface area contributed by atoms with Gasteiger partial charge in [-0.2, -0.15) is 0 Å². The van der Waals surface area contributed by atoms with Crippen LogP contribution < -0.4 is 4.74 Å². The van der Waals surface area contributed by atoms with Gasteiger partial charge in [-0.25, -0.2) is 0 Å². The number of carboxylic acid groups (broad SMARTS) is 1. The smallest absolute Gasteiger partial charge is 0.303 e. The first-order chi connectivity index (χ1) is 8.08. The van der Waals surface area contributed by atoms with Gasteiger partial charge in [-0.05, 0) is 24.1 Å². The van der Waals surface area contributed by atoms with Crippen LogP contribution in [0.25, 0.3) is 0 Å². The number of rotatable bonds is 6. The van der Waals surface area contributed by atoms with Crippen molar-refractivity contribution in [2.75, 3.05) is 14.2 Å². The van der Waals surface area contributed by atoms with Crippen LogP contribution in [0.5, 0.6) is 5.75 Å². The van der Waals surface area contributed by atoms with Gasteiger partial charge in [0.15, 0.2) is 0 Å². The summed E-state index contributed by atoms with van der Waals surface area (Å²) in [4.78, 5) is 10.6. The van der Waals surface area contributed by atoms with Crippen molar-refractivity contribution in [2.24, 2.45) is 0 Å². The Labute approximate surface area is 105 Å². The third-order valence-electron chi connectivity index (χ3n) is 2.37. The molecule has 0 spiro atoms. The predicted octanol–water partition coefficient (Wildman–Crippen LogP) is 2.51. The van der Waals surface area contributed by atoms with Gasteiger partial charge in [0.2, 0.25) is 0 Å². The van der Waals surface area contributed by atoms with Gasteiger partial charge >= 0.3 is 5.97 Å². The maximum Gasteiger partial charge on any atom is 0.303 e. The summed E-state index contributed by atoms with van der Waals surface area (Å²) in [6, 6.07) is 3.45.